The lowest BCUT2D eigenvalue weighted by Crippen LogP contribution is -2.32. The van der Waals surface area contributed by atoms with E-state index in [1.807, 2.05) is 43.3 Å². The van der Waals surface area contributed by atoms with Crippen LogP contribution in [0, 0.1) is 0 Å². The Bertz CT molecular complexity index is 1070. The zero-order chi connectivity index (χ0) is 22.3. The summed E-state index contributed by atoms with van der Waals surface area (Å²) in [4.78, 5) is 16.9. The van der Waals surface area contributed by atoms with Crippen molar-refractivity contribution >= 4 is 46.0 Å². The van der Waals surface area contributed by atoms with Crippen molar-refractivity contribution in [1.29, 1.82) is 0 Å². The lowest BCUT2D eigenvalue weighted by molar-refractivity contribution is 0.0533. The van der Waals surface area contributed by atoms with Crippen molar-refractivity contribution in [3.8, 4) is 0 Å². The average Bonchev–Trinajstić information content (AvgIpc) is 3.17. The van der Waals surface area contributed by atoms with Crippen molar-refractivity contribution in [2.45, 2.75) is 26.3 Å². The predicted molar refractivity (Wildman–Crippen MR) is 136 cm³/mol. The molecule has 4 rings (SSSR count). The quantitative estimate of drug-likeness (QED) is 0.363. The van der Waals surface area contributed by atoms with E-state index in [9.17, 15) is 4.79 Å². The normalized spacial score (nSPS) is 13.3. The van der Waals surface area contributed by atoms with Crippen LogP contribution < -0.4 is 10.6 Å². The van der Waals surface area contributed by atoms with Gasteiger partial charge in [-0.15, -0.1) is 11.3 Å². The van der Waals surface area contributed by atoms with Gasteiger partial charge in [0.05, 0.1) is 12.3 Å². The molecule has 0 radical (unpaired) electrons. The molecular formula is C25H27N3O2S2. The molecule has 0 saturated carbocycles. The SMILES string of the molecule is CCOC(=O)c1sc2c(c1NC(=S)Nc1ccccc1)CCN(CCc1ccccc1)C2. The van der Waals surface area contributed by atoms with Gasteiger partial charge in [-0.25, -0.2) is 4.79 Å². The van der Waals surface area contributed by atoms with E-state index in [0.29, 0.717) is 16.6 Å². The number of nitrogens with one attached hydrogen (secondary N) is 2. The third kappa shape index (κ3) is 5.54. The van der Waals surface area contributed by atoms with Crippen LogP contribution in [0.5, 0.6) is 0 Å². The predicted octanol–water partition coefficient (Wildman–Crippen LogP) is 5.33. The minimum Gasteiger partial charge on any atom is -0.462 e. The molecule has 0 atom stereocenters. The van der Waals surface area contributed by atoms with Gasteiger partial charge in [-0.3, -0.25) is 4.90 Å². The summed E-state index contributed by atoms with van der Waals surface area (Å²) in [5.41, 5.74) is 4.21. The summed E-state index contributed by atoms with van der Waals surface area (Å²) < 4.78 is 5.33. The van der Waals surface area contributed by atoms with Crippen molar-refractivity contribution in [3.63, 3.8) is 0 Å². The number of ether oxygens (including phenoxy) is 1. The molecular weight excluding hydrogens is 438 g/mol. The number of hydrogen-bond acceptors (Lipinski definition) is 5. The van der Waals surface area contributed by atoms with E-state index < -0.39 is 0 Å². The van der Waals surface area contributed by atoms with E-state index in [-0.39, 0.29) is 5.97 Å². The van der Waals surface area contributed by atoms with Gasteiger partial charge in [0.1, 0.15) is 4.88 Å². The molecule has 0 bridgehead atoms. The van der Waals surface area contributed by atoms with E-state index in [1.165, 1.54) is 27.3 Å². The maximum absolute atomic E-state index is 12.7. The van der Waals surface area contributed by atoms with E-state index in [2.05, 4.69) is 39.8 Å². The summed E-state index contributed by atoms with van der Waals surface area (Å²) in [6.45, 7) is 4.95. The number of anilines is 2. The van der Waals surface area contributed by atoms with Gasteiger partial charge >= 0.3 is 5.97 Å². The Morgan fingerprint density at radius 3 is 2.53 bits per heavy atom. The lowest BCUT2D eigenvalue weighted by Gasteiger charge is -2.27. The molecule has 3 aromatic rings. The summed E-state index contributed by atoms with van der Waals surface area (Å²) in [5.74, 6) is -0.298. The Hall–Kier alpha value is -2.74. The van der Waals surface area contributed by atoms with Crippen LogP contribution in [-0.2, 0) is 24.1 Å². The fourth-order valence-corrected chi connectivity index (χ4v) is 5.31. The number of thiocarbonyl (C=S) groups is 1. The Morgan fingerprint density at radius 2 is 1.81 bits per heavy atom. The maximum atomic E-state index is 12.7. The summed E-state index contributed by atoms with van der Waals surface area (Å²) in [5, 5.41) is 6.95. The highest BCUT2D eigenvalue weighted by molar-refractivity contribution is 7.80. The monoisotopic (exact) mass is 465 g/mol. The van der Waals surface area contributed by atoms with E-state index >= 15 is 0 Å². The largest absolute Gasteiger partial charge is 0.462 e. The molecule has 0 spiro atoms. The minimum absolute atomic E-state index is 0.298. The van der Waals surface area contributed by atoms with Gasteiger partial charge in [0.2, 0.25) is 0 Å². The summed E-state index contributed by atoms with van der Waals surface area (Å²) >= 11 is 7.06. The number of hydrogen-bond donors (Lipinski definition) is 2. The number of benzene rings is 2. The van der Waals surface area contributed by atoms with Gasteiger partial charge < -0.3 is 15.4 Å². The highest BCUT2D eigenvalue weighted by atomic mass is 32.1. The number of fused-ring (bicyclic) bond motifs is 1. The molecule has 1 aliphatic rings. The van der Waals surface area contributed by atoms with Crippen LogP contribution in [0.4, 0.5) is 11.4 Å². The average molecular weight is 466 g/mol. The highest BCUT2D eigenvalue weighted by Crippen LogP contribution is 2.38. The number of carbonyl (C=O) groups is 1. The third-order valence-corrected chi connectivity index (χ3v) is 6.83. The number of nitrogens with zero attached hydrogens (tertiary/aromatic N) is 1. The molecule has 5 nitrogen and oxygen atoms in total. The Kier molecular flexibility index (Phi) is 7.52. The van der Waals surface area contributed by atoms with Crippen LogP contribution in [0.15, 0.2) is 60.7 Å². The fourth-order valence-electron chi connectivity index (χ4n) is 3.85. The first-order valence-corrected chi connectivity index (χ1v) is 12.1. The molecule has 1 aliphatic heterocycles. The molecule has 2 heterocycles. The zero-order valence-electron chi connectivity index (χ0n) is 18.1. The second-order valence-corrected chi connectivity index (χ2v) is 9.15. The molecule has 32 heavy (non-hydrogen) atoms. The van der Waals surface area contributed by atoms with Gasteiger partial charge in [-0.2, -0.15) is 0 Å². The Balaban J connectivity index is 1.49. The van der Waals surface area contributed by atoms with Gasteiger partial charge in [-0.05, 0) is 55.2 Å². The highest BCUT2D eigenvalue weighted by Gasteiger charge is 2.28. The number of rotatable bonds is 7. The first-order chi connectivity index (χ1) is 15.6. The van der Waals surface area contributed by atoms with Crippen LogP contribution in [0.3, 0.4) is 0 Å². The van der Waals surface area contributed by atoms with Crippen LogP contribution in [-0.4, -0.2) is 35.7 Å². The molecule has 2 N–H and O–H groups in total. The van der Waals surface area contributed by atoms with Crippen LogP contribution >= 0.6 is 23.6 Å². The zero-order valence-corrected chi connectivity index (χ0v) is 19.7. The molecule has 0 amide bonds. The van der Waals surface area contributed by atoms with E-state index in [4.69, 9.17) is 17.0 Å². The molecule has 166 valence electrons. The summed E-state index contributed by atoms with van der Waals surface area (Å²) in [6, 6.07) is 20.3. The molecule has 0 fully saturated rings. The molecule has 2 aromatic carbocycles. The number of thiophene rings is 1. The van der Waals surface area contributed by atoms with Crippen LogP contribution in [0.2, 0.25) is 0 Å². The van der Waals surface area contributed by atoms with E-state index in [1.54, 1.807) is 0 Å². The molecule has 7 heteroatoms. The number of carbonyl (C=O) groups excluding carboxylic acids is 1. The van der Waals surface area contributed by atoms with Gasteiger partial charge in [-0.1, -0.05) is 48.5 Å². The Morgan fingerprint density at radius 1 is 1.09 bits per heavy atom. The third-order valence-electron chi connectivity index (χ3n) is 5.43. The molecule has 0 saturated heterocycles. The maximum Gasteiger partial charge on any atom is 0.350 e. The second kappa shape index (κ2) is 10.7. The van der Waals surface area contributed by atoms with Gasteiger partial charge in [0.25, 0.3) is 0 Å². The van der Waals surface area contributed by atoms with E-state index in [0.717, 1.165) is 43.9 Å². The minimum atomic E-state index is -0.298. The van der Waals surface area contributed by atoms with Crippen molar-refractivity contribution < 1.29 is 9.53 Å². The van der Waals surface area contributed by atoms with Gasteiger partial charge in [0.15, 0.2) is 5.11 Å². The smallest absolute Gasteiger partial charge is 0.350 e. The number of esters is 1. The van der Waals surface area contributed by atoms with Crippen molar-refractivity contribution in [3.05, 3.63) is 81.5 Å². The first-order valence-electron chi connectivity index (χ1n) is 10.8. The summed E-state index contributed by atoms with van der Waals surface area (Å²) in [7, 11) is 0. The second-order valence-electron chi connectivity index (χ2n) is 7.64. The first kappa shape index (κ1) is 22.5. The standard InChI is InChI=1S/C25H27N3O2S2/c1-2-30-24(29)23-22(27-25(31)26-19-11-7-4-8-12-19)20-14-16-28(17-21(20)32-23)15-13-18-9-5-3-6-10-18/h3-12H,2,13-17H2,1H3,(H2,26,27,31). The Labute approximate surface area is 198 Å². The fraction of sp³-hybridized carbons (Fsp3) is 0.280. The van der Waals surface area contributed by atoms with Crippen molar-refractivity contribution in [1.82, 2.24) is 4.90 Å². The summed E-state index contributed by atoms with van der Waals surface area (Å²) in [6.07, 6.45) is 1.89. The van der Waals surface area contributed by atoms with Crippen molar-refractivity contribution in [2.75, 3.05) is 30.3 Å². The van der Waals surface area contributed by atoms with Gasteiger partial charge in [0, 0.05) is 30.2 Å². The van der Waals surface area contributed by atoms with Crippen LogP contribution in [0.25, 0.3) is 0 Å². The van der Waals surface area contributed by atoms with Crippen molar-refractivity contribution in [2.24, 2.45) is 0 Å². The molecule has 0 unspecified atom stereocenters. The number of para-hydroxylation sites is 1. The van der Waals surface area contributed by atoms with Crippen LogP contribution in [0.1, 0.15) is 32.6 Å². The molecule has 0 aliphatic carbocycles. The molecule has 1 aromatic heterocycles. The lowest BCUT2D eigenvalue weighted by atomic mass is 10.0. The topological polar surface area (TPSA) is 53.6 Å².